The number of likely N-dealkylation sites (tertiary alicyclic amines) is 1. The number of rotatable bonds is 7. The molecule has 2 fully saturated rings. The first-order valence-electron chi connectivity index (χ1n) is 12.3. The van der Waals surface area contributed by atoms with E-state index in [1.807, 2.05) is 0 Å². The molecule has 2 bridgehead atoms. The van der Waals surface area contributed by atoms with Gasteiger partial charge in [-0.25, -0.2) is 9.18 Å². The minimum atomic E-state index is -0.799. The van der Waals surface area contributed by atoms with Crippen molar-refractivity contribution in [2.75, 3.05) is 12.4 Å². The Morgan fingerprint density at radius 1 is 1.21 bits per heavy atom. The highest BCUT2D eigenvalue weighted by atomic mass is 35.5. The third-order valence-corrected chi connectivity index (χ3v) is 7.62. The van der Waals surface area contributed by atoms with Gasteiger partial charge in [-0.2, -0.15) is 5.10 Å². The number of aromatic nitrogens is 2. The van der Waals surface area contributed by atoms with Gasteiger partial charge in [-0.15, -0.1) is 0 Å². The highest BCUT2D eigenvalue weighted by Crippen LogP contribution is 2.42. The van der Waals surface area contributed by atoms with E-state index in [-0.39, 0.29) is 53.1 Å². The fraction of sp³-hybridized carbons (Fsp3) is 0.346. The van der Waals surface area contributed by atoms with Crippen molar-refractivity contribution in [1.29, 1.82) is 0 Å². The smallest absolute Gasteiger partial charge is 0.411 e. The molecule has 3 atom stereocenters. The second kappa shape index (κ2) is 10.5. The van der Waals surface area contributed by atoms with Gasteiger partial charge in [0.05, 0.1) is 17.6 Å². The first-order valence-corrected chi connectivity index (χ1v) is 12.7. The molecule has 1 aliphatic carbocycles. The molecular formula is C26H26ClFN6O5. The Hall–Kier alpha value is -4.19. The topological polar surface area (TPSA) is 149 Å². The van der Waals surface area contributed by atoms with Crippen LogP contribution >= 0.6 is 11.6 Å². The zero-order chi connectivity index (χ0) is 27.8. The van der Waals surface area contributed by atoms with Crippen molar-refractivity contribution in [3.8, 4) is 0 Å². The maximum atomic E-state index is 14.3. The Morgan fingerprint density at radius 2 is 2.00 bits per heavy atom. The van der Waals surface area contributed by atoms with Crippen LogP contribution in [-0.2, 0) is 27.4 Å². The van der Waals surface area contributed by atoms with E-state index in [1.165, 1.54) is 30.0 Å². The number of nitrogens with two attached hydrogens (primary N) is 1. The predicted octanol–water partition coefficient (Wildman–Crippen LogP) is 2.80. The predicted molar refractivity (Wildman–Crippen MR) is 139 cm³/mol. The van der Waals surface area contributed by atoms with E-state index in [0.717, 1.165) is 12.8 Å². The second-order valence-corrected chi connectivity index (χ2v) is 10.0. The van der Waals surface area contributed by atoms with Gasteiger partial charge in [0.2, 0.25) is 11.8 Å². The number of piperidine rings is 1. The molecule has 1 saturated heterocycles. The highest BCUT2D eigenvalue weighted by molar-refractivity contribution is 6.30. The Labute approximate surface area is 227 Å². The number of anilines is 1. The molecule has 0 spiro atoms. The summed E-state index contributed by atoms with van der Waals surface area (Å²) >= 11 is 5.85. The number of hydrogen-bond acceptors (Lipinski definition) is 6. The number of ether oxygens (including phenoxy) is 1. The number of amides is 4. The van der Waals surface area contributed by atoms with Crippen LogP contribution in [0, 0.1) is 11.7 Å². The molecule has 1 saturated carbocycles. The van der Waals surface area contributed by atoms with Gasteiger partial charge in [-0.1, -0.05) is 23.7 Å². The lowest BCUT2D eigenvalue weighted by atomic mass is 9.97. The van der Waals surface area contributed by atoms with E-state index < -0.39 is 23.9 Å². The van der Waals surface area contributed by atoms with Gasteiger partial charge in [0.1, 0.15) is 18.4 Å². The zero-order valence-corrected chi connectivity index (χ0v) is 21.7. The Kier molecular flexibility index (Phi) is 7.13. The molecule has 204 valence electrons. The summed E-state index contributed by atoms with van der Waals surface area (Å²) in [6.07, 6.45) is 1.59. The lowest BCUT2D eigenvalue weighted by Gasteiger charge is -2.34. The molecule has 4 N–H and O–H groups in total. The summed E-state index contributed by atoms with van der Waals surface area (Å²) in [6.45, 7) is -0.293. The highest BCUT2D eigenvalue weighted by Gasteiger charge is 2.51. The minimum absolute atomic E-state index is 0.00865. The Bertz CT molecular complexity index is 1490. The summed E-state index contributed by atoms with van der Waals surface area (Å²) in [7, 11) is 1.22. The third-order valence-electron chi connectivity index (χ3n) is 7.33. The van der Waals surface area contributed by atoms with Gasteiger partial charge in [0.25, 0.3) is 5.91 Å². The van der Waals surface area contributed by atoms with Crippen LogP contribution in [0.5, 0.6) is 0 Å². The fourth-order valence-corrected chi connectivity index (χ4v) is 5.79. The average molecular weight is 557 g/mol. The molecule has 3 aromatic rings. The Morgan fingerprint density at radius 3 is 2.74 bits per heavy atom. The molecule has 0 radical (unpaired) electrons. The lowest BCUT2D eigenvalue weighted by Crippen LogP contribution is -2.53. The molecule has 1 aromatic heterocycles. The standard InChI is InChI=1S/C26H26ClFN6O5/c1-39-26(38)31-15-6-8-19-17(10-15)22(24(29)36)32-33(19)12-20(35)34-16-7-5-13(9-16)23(34)25(37)30-11-14-3-2-4-18(27)21(14)28/h2-4,6,8,10,13,16,23H,5,7,9,11-12H2,1H3,(H2,29,36)(H,30,37)(H,31,38)/t13-,16+,23-/m0/s1. The van der Waals surface area contributed by atoms with Crippen molar-refractivity contribution in [1.82, 2.24) is 20.0 Å². The molecule has 4 amide bonds. The molecule has 2 heterocycles. The molecular weight excluding hydrogens is 531 g/mol. The molecule has 11 nitrogen and oxygen atoms in total. The summed E-state index contributed by atoms with van der Waals surface area (Å²) < 4.78 is 20.3. The molecule has 1 aliphatic heterocycles. The molecule has 2 aromatic carbocycles. The number of carbonyl (C=O) groups excluding carboxylic acids is 4. The van der Waals surface area contributed by atoms with E-state index in [2.05, 4.69) is 20.5 Å². The summed E-state index contributed by atoms with van der Waals surface area (Å²) in [5, 5.41) is 9.85. The quantitative estimate of drug-likeness (QED) is 0.407. The number of hydrogen-bond donors (Lipinski definition) is 3. The van der Waals surface area contributed by atoms with Crippen LogP contribution in [0.1, 0.15) is 35.3 Å². The summed E-state index contributed by atoms with van der Waals surface area (Å²) in [5.74, 6) is -2.11. The van der Waals surface area contributed by atoms with Crippen molar-refractivity contribution in [3.63, 3.8) is 0 Å². The van der Waals surface area contributed by atoms with Crippen LogP contribution in [0.4, 0.5) is 14.9 Å². The van der Waals surface area contributed by atoms with Crippen molar-refractivity contribution in [2.45, 2.75) is 44.4 Å². The van der Waals surface area contributed by atoms with Crippen LogP contribution in [0.3, 0.4) is 0 Å². The molecule has 2 aliphatic rings. The largest absolute Gasteiger partial charge is 0.453 e. The first kappa shape index (κ1) is 26.4. The fourth-order valence-electron chi connectivity index (χ4n) is 5.59. The number of carbonyl (C=O) groups is 4. The van der Waals surface area contributed by atoms with E-state index in [0.29, 0.717) is 23.0 Å². The van der Waals surface area contributed by atoms with Crippen LogP contribution in [-0.4, -0.2) is 57.7 Å². The van der Waals surface area contributed by atoms with Crippen molar-refractivity contribution >= 4 is 52.0 Å². The average Bonchev–Trinajstić information content (AvgIpc) is 3.62. The van der Waals surface area contributed by atoms with E-state index >= 15 is 0 Å². The summed E-state index contributed by atoms with van der Waals surface area (Å²) in [5.41, 5.74) is 6.52. The SMILES string of the molecule is COC(=O)Nc1ccc2c(c1)c(C(N)=O)nn2CC(=O)N1[C@@H]2CC[C@@H](C2)[C@H]1C(=O)NCc1cccc(Cl)c1F. The van der Waals surface area contributed by atoms with Gasteiger partial charge in [0.15, 0.2) is 5.69 Å². The van der Waals surface area contributed by atoms with Crippen LogP contribution in [0.25, 0.3) is 10.9 Å². The van der Waals surface area contributed by atoms with Crippen LogP contribution < -0.4 is 16.4 Å². The van der Waals surface area contributed by atoms with Crippen molar-refractivity contribution < 1.29 is 28.3 Å². The number of nitrogens with zero attached hydrogens (tertiary/aromatic N) is 3. The van der Waals surface area contributed by atoms with E-state index in [4.69, 9.17) is 17.3 Å². The van der Waals surface area contributed by atoms with E-state index in [9.17, 15) is 23.6 Å². The normalized spacial score (nSPS) is 19.8. The van der Waals surface area contributed by atoms with Gasteiger partial charge < -0.3 is 20.7 Å². The minimum Gasteiger partial charge on any atom is -0.453 e. The van der Waals surface area contributed by atoms with Crippen LogP contribution in [0.15, 0.2) is 36.4 Å². The number of methoxy groups -OCH3 is 1. The third kappa shape index (κ3) is 4.99. The molecule has 5 rings (SSSR count). The van der Waals surface area contributed by atoms with Gasteiger partial charge in [-0.3, -0.25) is 24.4 Å². The van der Waals surface area contributed by atoms with Crippen molar-refractivity contribution in [2.24, 2.45) is 11.7 Å². The second-order valence-electron chi connectivity index (χ2n) is 9.62. The number of benzene rings is 2. The van der Waals surface area contributed by atoms with Gasteiger partial charge >= 0.3 is 6.09 Å². The number of primary amides is 1. The number of halogens is 2. The molecule has 39 heavy (non-hydrogen) atoms. The lowest BCUT2D eigenvalue weighted by molar-refractivity contribution is -0.143. The molecule has 13 heteroatoms. The maximum absolute atomic E-state index is 14.3. The monoisotopic (exact) mass is 556 g/mol. The maximum Gasteiger partial charge on any atom is 0.411 e. The van der Waals surface area contributed by atoms with Crippen molar-refractivity contribution in [3.05, 3.63) is 58.5 Å². The first-order chi connectivity index (χ1) is 18.7. The summed E-state index contributed by atoms with van der Waals surface area (Å²) in [4.78, 5) is 52.1. The van der Waals surface area contributed by atoms with Crippen LogP contribution in [0.2, 0.25) is 5.02 Å². The number of fused-ring (bicyclic) bond motifs is 3. The zero-order valence-electron chi connectivity index (χ0n) is 20.9. The summed E-state index contributed by atoms with van der Waals surface area (Å²) in [6, 6.07) is 8.46. The van der Waals surface area contributed by atoms with Gasteiger partial charge in [0, 0.05) is 29.2 Å². The van der Waals surface area contributed by atoms with Gasteiger partial charge in [-0.05, 0) is 49.4 Å². The number of nitrogens with one attached hydrogen (secondary N) is 2. The van der Waals surface area contributed by atoms with E-state index in [1.54, 1.807) is 23.1 Å². The Balaban J connectivity index is 1.37. The molecule has 0 unspecified atom stereocenters.